The van der Waals surface area contributed by atoms with Crippen LogP contribution in [0, 0.1) is 19.8 Å². The summed E-state index contributed by atoms with van der Waals surface area (Å²) >= 11 is 0. The molecule has 4 rings (SSSR count). The van der Waals surface area contributed by atoms with Gasteiger partial charge in [-0.25, -0.2) is 4.79 Å². The lowest BCUT2D eigenvalue weighted by molar-refractivity contribution is 0.0698. The second-order valence-electron chi connectivity index (χ2n) is 8.65. The molecule has 0 saturated carbocycles. The molecule has 0 spiro atoms. The molecule has 2 heterocycles. The van der Waals surface area contributed by atoms with Crippen LogP contribution >= 0.6 is 0 Å². The minimum Gasteiger partial charge on any atom is -0.478 e. The maximum absolute atomic E-state index is 13.2. The number of fused-ring (bicyclic) bond motifs is 1. The highest BCUT2D eigenvalue weighted by atomic mass is 16.4. The van der Waals surface area contributed by atoms with Crippen LogP contribution in [0.15, 0.2) is 45.6 Å². The highest BCUT2D eigenvalue weighted by molar-refractivity contribution is 5.94. The van der Waals surface area contributed by atoms with Gasteiger partial charge in [-0.2, -0.15) is 0 Å². The minimum atomic E-state index is -0.989. The third kappa shape index (κ3) is 3.90. The lowest BCUT2D eigenvalue weighted by atomic mass is 10.00. The number of anilines is 2. The molecule has 0 radical (unpaired) electrons. The molecule has 1 saturated heterocycles. The van der Waals surface area contributed by atoms with Crippen LogP contribution < -0.4 is 15.6 Å². The summed E-state index contributed by atoms with van der Waals surface area (Å²) in [7, 11) is 0. The molecule has 0 bridgehead atoms. The Balaban J connectivity index is 1.83. The van der Waals surface area contributed by atoms with E-state index in [-0.39, 0.29) is 17.0 Å². The van der Waals surface area contributed by atoms with Crippen LogP contribution in [0.5, 0.6) is 0 Å². The summed E-state index contributed by atoms with van der Waals surface area (Å²) < 4.78 is 6.40. The van der Waals surface area contributed by atoms with E-state index in [1.807, 2.05) is 32.9 Å². The third-order valence-electron chi connectivity index (χ3n) is 6.07. The van der Waals surface area contributed by atoms with Crippen molar-refractivity contribution in [3.63, 3.8) is 0 Å². The van der Waals surface area contributed by atoms with E-state index in [4.69, 9.17) is 4.42 Å². The van der Waals surface area contributed by atoms with E-state index < -0.39 is 5.97 Å². The standard InChI is InChI=1S/C25H28N2O4/c1-14-9-10-27(13-14)24-16(3)22(28)20-12-15(2)11-19(23(20)31-24)17(4)26-21-8-6-5-7-18(21)25(29)30/h5-8,11-12,14,17,26H,9-10,13H2,1-4H3,(H,29,30)/t14-,17-/m1/s1. The van der Waals surface area contributed by atoms with Crippen LogP contribution in [0.3, 0.4) is 0 Å². The molecule has 2 atom stereocenters. The van der Waals surface area contributed by atoms with Crippen molar-refractivity contribution in [1.29, 1.82) is 0 Å². The van der Waals surface area contributed by atoms with E-state index in [0.717, 1.165) is 30.6 Å². The Morgan fingerprint density at radius 3 is 2.68 bits per heavy atom. The summed E-state index contributed by atoms with van der Waals surface area (Å²) in [6, 6.07) is 10.4. The van der Waals surface area contributed by atoms with E-state index in [2.05, 4.69) is 17.1 Å². The summed E-state index contributed by atoms with van der Waals surface area (Å²) in [6.45, 7) is 9.68. The van der Waals surface area contributed by atoms with Gasteiger partial charge in [-0.15, -0.1) is 0 Å². The Hall–Kier alpha value is -3.28. The van der Waals surface area contributed by atoms with Crippen molar-refractivity contribution < 1.29 is 14.3 Å². The van der Waals surface area contributed by atoms with Gasteiger partial charge in [0.25, 0.3) is 0 Å². The first kappa shape index (κ1) is 21.0. The van der Waals surface area contributed by atoms with Gasteiger partial charge < -0.3 is 19.7 Å². The number of hydrogen-bond acceptors (Lipinski definition) is 5. The average molecular weight is 421 g/mol. The summed E-state index contributed by atoms with van der Waals surface area (Å²) in [5, 5.41) is 13.4. The Morgan fingerprint density at radius 1 is 1.26 bits per heavy atom. The quantitative estimate of drug-likeness (QED) is 0.596. The molecule has 31 heavy (non-hydrogen) atoms. The molecule has 1 aromatic heterocycles. The lowest BCUT2D eigenvalue weighted by Crippen LogP contribution is -2.23. The number of aromatic carboxylic acids is 1. The van der Waals surface area contributed by atoms with Crippen LogP contribution in [0.4, 0.5) is 11.6 Å². The number of rotatable bonds is 5. The lowest BCUT2D eigenvalue weighted by Gasteiger charge is -2.22. The highest BCUT2D eigenvalue weighted by Gasteiger charge is 2.26. The van der Waals surface area contributed by atoms with E-state index >= 15 is 0 Å². The first-order chi connectivity index (χ1) is 14.8. The zero-order valence-electron chi connectivity index (χ0n) is 18.4. The van der Waals surface area contributed by atoms with Gasteiger partial charge >= 0.3 is 5.97 Å². The summed E-state index contributed by atoms with van der Waals surface area (Å²) in [5.41, 5.74) is 3.70. The maximum atomic E-state index is 13.2. The fraction of sp³-hybridized carbons (Fsp3) is 0.360. The topological polar surface area (TPSA) is 82.8 Å². The maximum Gasteiger partial charge on any atom is 0.337 e. The van der Waals surface area contributed by atoms with Gasteiger partial charge in [0.15, 0.2) is 5.43 Å². The molecule has 0 unspecified atom stereocenters. The van der Waals surface area contributed by atoms with Gasteiger partial charge in [-0.1, -0.05) is 25.1 Å². The monoisotopic (exact) mass is 420 g/mol. The molecular weight excluding hydrogens is 392 g/mol. The largest absolute Gasteiger partial charge is 0.478 e. The van der Waals surface area contributed by atoms with E-state index in [9.17, 15) is 14.7 Å². The molecule has 6 heteroatoms. The molecular formula is C25H28N2O4. The number of nitrogens with one attached hydrogen (secondary N) is 1. The predicted octanol–water partition coefficient (Wildman–Crippen LogP) is 5.13. The van der Waals surface area contributed by atoms with Crippen molar-refractivity contribution >= 4 is 28.5 Å². The van der Waals surface area contributed by atoms with Gasteiger partial charge in [0.1, 0.15) is 5.58 Å². The van der Waals surface area contributed by atoms with Crippen molar-refractivity contribution in [2.75, 3.05) is 23.3 Å². The SMILES string of the molecule is Cc1cc([C@@H](C)Nc2ccccc2C(=O)O)c2oc(N3CC[C@@H](C)C3)c(C)c(=O)c2c1. The zero-order chi connectivity index (χ0) is 22.3. The number of benzene rings is 2. The highest BCUT2D eigenvalue weighted by Crippen LogP contribution is 2.33. The third-order valence-corrected chi connectivity index (χ3v) is 6.07. The fourth-order valence-electron chi connectivity index (χ4n) is 4.41. The van der Waals surface area contributed by atoms with Gasteiger partial charge in [0, 0.05) is 24.3 Å². The van der Waals surface area contributed by atoms with Crippen LogP contribution in [0.25, 0.3) is 11.0 Å². The number of hydrogen-bond donors (Lipinski definition) is 2. The van der Waals surface area contributed by atoms with E-state index in [1.165, 1.54) is 0 Å². The summed E-state index contributed by atoms with van der Waals surface area (Å²) in [5.74, 6) is 0.216. The minimum absolute atomic E-state index is 0.0149. The molecule has 1 aliphatic rings. The number of carboxylic acids is 1. The Bertz CT molecular complexity index is 1210. The van der Waals surface area contributed by atoms with Gasteiger partial charge in [-0.05, 0) is 56.9 Å². The van der Waals surface area contributed by atoms with Crippen LogP contribution in [-0.2, 0) is 0 Å². The number of carbonyl (C=O) groups is 1. The van der Waals surface area contributed by atoms with Crippen molar-refractivity contribution in [2.24, 2.45) is 5.92 Å². The van der Waals surface area contributed by atoms with Crippen LogP contribution in [0.1, 0.15) is 53.4 Å². The number of para-hydroxylation sites is 1. The van der Waals surface area contributed by atoms with Gasteiger partial charge in [0.05, 0.1) is 22.6 Å². The van der Waals surface area contributed by atoms with Gasteiger partial charge in [-0.3, -0.25) is 4.79 Å². The second-order valence-corrected chi connectivity index (χ2v) is 8.65. The molecule has 1 fully saturated rings. The zero-order valence-corrected chi connectivity index (χ0v) is 18.4. The normalized spacial score (nSPS) is 17.2. The second kappa shape index (κ2) is 8.10. The molecule has 0 aliphatic carbocycles. The van der Waals surface area contributed by atoms with Gasteiger partial charge in [0.2, 0.25) is 5.88 Å². The Labute approximate surface area is 181 Å². The number of aryl methyl sites for hydroxylation is 1. The number of carboxylic acid groups (broad SMARTS) is 1. The predicted molar refractivity (Wildman–Crippen MR) is 123 cm³/mol. The molecule has 6 nitrogen and oxygen atoms in total. The van der Waals surface area contributed by atoms with Crippen LogP contribution in [-0.4, -0.2) is 24.2 Å². The van der Waals surface area contributed by atoms with Crippen molar-refractivity contribution in [3.8, 4) is 0 Å². The Morgan fingerprint density at radius 2 is 2.00 bits per heavy atom. The van der Waals surface area contributed by atoms with Crippen LogP contribution in [0.2, 0.25) is 0 Å². The molecule has 2 aromatic carbocycles. The first-order valence-electron chi connectivity index (χ1n) is 10.7. The fourth-order valence-corrected chi connectivity index (χ4v) is 4.41. The first-order valence-corrected chi connectivity index (χ1v) is 10.7. The van der Waals surface area contributed by atoms with E-state index in [1.54, 1.807) is 24.3 Å². The molecule has 3 aromatic rings. The Kier molecular flexibility index (Phi) is 5.48. The van der Waals surface area contributed by atoms with E-state index in [0.29, 0.717) is 34.0 Å². The molecule has 162 valence electrons. The molecule has 2 N–H and O–H groups in total. The average Bonchev–Trinajstić information content (AvgIpc) is 3.16. The van der Waals surface area contributed by atoms with Crippen molar-refractivity contribution in [3.05, 3.63) is 68.9 Å². The van der Waals surface area contributed by atoms with Crippen molar-refractivity contribution in [2.45, 2.75) is 40.2 Å². The molecule has 1 aliphatic heterocycles. The smallest absolute Gasteiger partial charge is 0.337 e. The van der Waals surface area contributed by atoms with Crippen molar-refractivity contribution in [1.82, 2.24) is 0 Å². The number of nitrogens with zero attached hydrogens (tertiary/aromatic N) is 1. The molecule has 0 amide bonds. The summed E-state index contributed by atoms with van der Waals surface area (Å²) in [6.07, 6.45) is 1.08. The summed E-state index contributed by atoms with van der Waals surface area (Å²) in [4.78, 5) is 27.0.